The molecule has 0 spiro atoms. The van der Waals surface area contributed by atoms with Gasteiger partial charge in [0.15, 0.2) is 0 Å². The van der Waals surface area contributed by atoms with Crippen LogP contribution in [-0.2, 0) is 0 Å². The van der Waals surface area contributed by atoms with Crippen LogP contribution in [0.2, 0.25) is 5.02 Å². The topological polar surface area (TPSA) is 46.9 Å². The number of nitrogens with one attached hydrogen (secondary N) is 1. The summed E-state index contributed by atoms with van der Waals surface area (Å²) in [6.45, 7) is 1.85. The molecule has 0 aliphatic heterocycles. The molecule has 0 bridgehead atoms. The molecule has 1 aromatic carbocycles. The van der Waals surface area contributed by atoms with Gasteiger partial charge in [0, 0.05) is 12.1 Å². The predicted octanol–water partition coefficient (Wildman–Crippen LogP) is 2.19. The van der Waals surface area contributed by atoms with Gasteiger partial charge in [-0.1, -0.05) is 17.7 Å². The van der Waals surface area contributed by atoms with Crippen LogP contribution in [0.3, 0.4) is 0 Å². The SMILES string of the molecule is CNC(=O)c1cnn(-c2cccc(Cl)c2)c1C. The Morgan fingerprint density at radius 2 is 2.24 bits per heavy atom. The maximum Gasteiger partial charge on any atom is 0.254 e. The van der Waals surface area contributed by atoms with Crippen molar-refractivity contribution in [2.75, 3.05) is 7.05 Å². The van der Waals surface area contributed by atoms with Gasteiger partial charge in [-0.2, -0.15) is 5.10 Å². The lowest BCUT2D eigenvalue weighted by molar-refractivity contribution is 0.0962. The van der Waals surface area contributed by atoms with E-state index in [0.717, 1.165) is 11.4 Å². The summed E-state index contributed by atoms with van der Waals surface area (Å²) in [6.07, 6.45) is 1.55. The summed E-state index contributed by atoms with van der Waals surface area (Å²) in [5, 5.41) is 7.41. The summed E-state index contributed by atoms with van der Waals surface area (Å²) in [4.78, 5) is 11.6. The minimum Gasteiger partial charge on any atom is -0.355 e. The van der Waals surface area contributed by atoms with Gasteiger partial charge in [-0.3, -0.25) is 4.79 Å². The smallest absolute Gasteiger partial charge is 0.254 e. The van der Waals surface area contributed by atoms with Crippen LogP contribution in [0.5, 0.6) is 0 Å². The summed E-state index contributed by atoms with van der Waals surface area (Å²) in [7, 11) is 1.60. The Labute approximate surface area is 104 Å². The van der Waals surface area contributed by atoms with Crippen LogP contribution in [0.25, 0.3) is 5.69 Å². The molecule has 1 N–H and O–H groups in total. The highest BCUT2D eigenvalue weighted by Crippen LogP contribution is 2.17. The number of rotatable bonds is 2. The molecule has 4 nitrogen and oxygen atoms in total. The summed E-state index contributed by atoms with van der Waals surface area (Å²) in [6, 6.07) is 7.33. The normalized spacial score (nSPS) is 10.3. The van der Waals surface area contributed by atoms with Gasteiger partial charge in [-0.05, 0) is 25.1 Å². The number of benzene rings is 1. The minimum absolute atomic E-state index is 0.143. The van der Waals surface area contributed by atoms with Gasteiger partial charge in [0.2, 0.25) is 0 Å². The highest BCUT2D eigenvalue weighted by molar-refractivity contribution is 6.30. The van der Waals surface area contributed by atoms with Gasteiger partial charge >= 0.3 is 0 Å². The first-order valence-electron chi connectivity index (χ1n) is 5.16. The number of hydrogen-bond acceptors (Lipinski definition) is 2. The van der Waals surface area contributed by atoms with Crippen LogP contribution in [0.1, 0.15) is 16.1 Å². The van der Waals surface area contributed by atoms with Gasteiger partial charge in [0.25, 0.3) is 5.91 Å². The molecular weight excluding hydrogens is 238 g/mol. The number of amides is 1. The fourth-order valence-corrected chi connectivity index (χ4v) is 1.82. The molecule has 17 heavy (non-hydrogen) atoms. The molecule has 0 unspecified atom stereocenters. The second-order valence-corrected chi connectivity index (χ2v) is 4.05. The number of carbonyl (C=O) groups excluding carboxylic acids is 1. The quantitative estimate of drug-likeness (QED) is 0.887. The average molecular weight is 250 g/mol. The van der Waals surface area contributed by atoms with E-state index in [2.05, 4.69) is 10.4 Å². The number of carbonyl (C=O) groups is 1. The first-order valence-corrected chi connectivity index (χ1v) is 5.54. The fraction of sp³-hybridized carbons (Fsp3) is 0.167. The number of aromatic nitrogens is 2. The Morgan fingerprint density at radius 3 is 2.88 bits per heavy atom. The molecule has 1 heterocycles. The van der Waals surface area contributed by atoms with Crippen molar-refractivity contribution >= 4 is 17.5 Å². The summed E-state index contributed by atoms with van der Waals surface area (Å²) >= 11 is 5.92. The molecule has 0 atom stereocenters. The third-order valence-corrected chi connectivity index (χ3v) is 2.77. The highest BCUT2D eigenvalue weighted by atomic mass is 35.5. The molecular formula is C12H12ClN3O. The monoisotopic (exact) mass is 249 g/mol. The number of nitrogens with zero attached hydrogens (tertiary/aromatic N) is 2. The van der Waals surface area contributed by atoms with Gasteiger partial charge in [0.05, 0.1) is 23.1 Å². The summed E-state index contributed by atoms with van der Waals surface area (Å²) in [5.41, 5.74) is 2.18. The van der Waals surface area contributed by atoms with Gasteiger partial charge in [-0.25, -0.2) is 4.68 Å². The van der Waals surface area contributed by atoms with Crippen molar-refractivity contribution < 1.29 is 4.79 Å². The van der Waals surface area contributed by atoms with Crippen LogP contribution in [0.15, 0.2) is 30.5 Å². The molecule has 0 aliphatic carbocycles. The van der Waals surface area contributed by atoms with E-state index in [1.807, 2.05) is 19.1 Å². The molecule has 5 heteroatoms. The molecule has 1 aromatic heterocycles. The van der Waals surface area contributed by atoms with Crippen molar-refractivity contribution in [3.63, 3.8) is 0 Å². The number of halogens is 1. The molecule has 88 valence electrons. The molecule has 2 rings (SSSR count). The van der Waals surface area contributed by atoms with Crippen molar-refractivity contribution in [1.29, 1.82) is 0 Å². The Morgan fingerprint density at radius 1 is 1.47 bits per heavy atom. The predicted molar refractivity (Wildman–Crippen MR) is 66.7 cm³/mol. The maximum absolute atomic E-state index is 11.6. The van der Waals surface area contributed by atoms with Crippen molar-refractivity contribution in [2.24, 2.45) is 0 Å². The Balaban J connectivity index is 2.48. The molecule has 0 saturated heterocycles. The average Bonchev–Trinajstić information content (AvgIpc) is 2.70. The third kappa shape index (κ3) is 2.17. The first kappa shape index (κ1) is 11.7. The molecule has 0 fully saturated rings. The maximum atomic E-state index is 11.6. The number of hydrogen-bond donors (Lipinski definition) is 1. The molecule has 2 aromatic rings. The van der Waals surface area contributed by atoms with E-state index in [9.17, 15) is 4.79 Å². The zero-order valence-corrected chi connectivity index (χ0v) is 10.3. The zero-order chi connectivity index (χ0) is 12.4. The van der Waals surface area contributed by atoms with Crippen LogP contribution >= 0.6 is 11.6 Å². The van der Waals surface area contributed by atoms with Crippen molar-refractivity contribution in [2.45, 2.75) is 6.92 Å². The molecule has 0 saturated carbocycles. The van der Waals surface area contributed by atoms with Crippen LogP contribution in [0.4, 0.5) is 0 Å². The largest absolute Gasteiger partial charge is 0.355 e. The van der Waals surface area contributed by atoms with E-state index in [-0.39, 0.29) is 5.91 Å². The van der Waals surface area contributed by atoms with E-state index in [0.29, 0.717) is 10.6 Å². The highest BCUT2D eigenvalue weighted by Gasteiger charge is 2.13. The minimum atomic E-state index is -0.143. The van der Waals surface area contributed by atoms with Gasteiger partial charge < -0.3 is 5.32 Å². The van der Waals surface area contributed by atoms with Crippen LogP contribution in [0, 0.1) is 6.92 Å². The fourth-order valence-electron chi connectivity index (χ4n) is 1.64. The standard InChI is InChI=1S/C12H12ClN3O/c1-8-11(12(17)14-2)7-15-16(8)10-5-3-4-9(13)6-10/h3-7H,1-2H3,(H,14,17). The van der Waals surface area contributed by atoms with E-state index >= 15 is 0 Å². The molecule has 0 radical (unpaired) electrons. The Kier molecular flexibility index (Phi) is 3.15. The van der Waals surface area contributed by atoms with Crippen LogP contribution < -0.4 is 5.32 Å². The lowest BCUT2D eigenvalue weighted by Crippen LogP contribution is -2.18. The van der Waals surface area contributed by atoms with Gasteiger partial charge in [0.1, 0.15) is 0 Å². The Hall–Kier alpha value is -1.81. The first-order chi connectivity index (χ1) is 8.13. The van der Waals surface area contributed by atoms with Crippen molar-refractivity contribution in [3.8, 4) is 5.69 Å². The van der Waals surface area contributed by atoms with E-state index in [4.69, 9.17) is 11.6 Å². The van der Waals surface area contributed by atoms with E-state index in [1.165, 1.54) is 0 Å². The lowest BCUT2D eigenvalue weighted by atomic mass is 10.2. The van der Waals surface area contributed by atoms with E-state index in [1.54, 1.807) is 30.1 Å². The van der Waals surface area contributed by atoms with Gasteiger partial charge in [-0.15, -0.1) is 0 Å². The second kappa shape index (κ2) is 4.59. The van der Waals surface area contributed by atoms with E-state index < -0.39 is 0 Å². The second-order valence-electron chi connectivity index (χ2n) is 3.61. The molecule has 1 amide bonds. The third-order valence-electron chi connectivity index (χ3n) is 2.53. The van der Waals surface area contributed by atoms with Crippen molar-refractivity contribution in [3.05, 3.63) is 46.7 Å². The van der Waals surface area contributed by atoms with Crippen LogP contribution in [-0.4, -0.2) is 22.7 Å². The molecule has 0 aliphatic rings. The summed E-state index contributed by atoms with van der Waals surface area (Å²) in [5.74, 6) is -0.143. The van der Waals surface area contributed by atoms with Crippen molar-refractivity contribution in [1.82, 2.24) is 15.1 Å². The lowest BCUT2D eigenvalue weighted by Gasteiger charge is -2.05. The Bertz CT molecular complexity index is 563. The zero-order valence-electron chi connectivity index (χ0n) is 9.57. The summed E-state index contributed by atoms with van der Waals surface area (Å²) < 4.78 is 1.69.